The smallest absolute Gasteiger partial charge is 0.181 e. The van der Waals surface area contributed by atoms with Crippen LogP contribution in [0.1, 0.15) is 19.3 Å². The number of sulfone groups is 1. The Morgan fingerprint density at radius 3 is 2.72 bits per heavy atom. The molecule has 98 valence electrons. The summed E-state index contributed by atoms with van der Waals surface area (Å²) in [7, 11) is -1.61. The number of methoxy groups -OCH3 is 1. The van der Waals surface area contributed by atoms with Crippen LogP contribution in [0.15, 0.2) is 23.1 Å². The average Bonchev–Trinajstić information content (AvgIpc) is 2.43. The summed E-state index contributed by atoms with van der Waals surface area (Å²) in [6, 6.07) is 5.12. The molecule has 1 heterocycles. The quantitative estimate of drug-likeness (QED) is 0.846. The van der Waals surface area contributed by atoms with Crippen molar-refractivity contribution in [3.63, 3.8) is 0 Å². The maximum Gasteiger partial charge on any atom is 0.181 e. The van der Waals surface area contributed by atoms with Crippen LogP contribution in [0.2, 0.25) is 0 Å². The van der Waals surface area contributed by atoms with Crippen LogP contribution in [-0.4, -0.2) is 27.8 Å². The van der Waals surface area contributed by atoms with Crippen molar-refractivity contribution >= 4 is 15.5 Å². The number of rotatable bonds is 1. The van der Waals surface area contributed by atoms with Gasteiger partial charge in [0.2, 0.25) is 0 Å². The number of nitrogens with one attached hydrogen (secondary N) is 1. The van der Waals surface area contributed by atoms with Gasteiger partial charge in [-0.3, -0.25) is 0 Å². The standard InChI is InChI=1S/C13H17NO3S/c1-17-10-3-4-12-11(7-10)14-8-13(5-2-6-13)9-18(12,15)16/h3-4,7,14H,2,5-6,8-9H2,1H3. The largest absolute Gasteiger partial charge is 0.497 e. The van der Waals surface area contributed by atoms with Gasteiger partial charge in [0.25, 0.3) is 0 Å². The van der Waals surface area contributed by atoms with Gasteiger partial charge in [-0.1, -0.05) is 6.42 Å². The Morgan fingerprint density at radius 1 is 1.33 bits per heavy atom. The van der Waals surface area contributed by atoms with Crippen LogP contribution in [0, 0.1) is 5.41 Å². The first-order valence-corrected chi connectivity index (χ1v) is 7.85. The summed E-state index contributed by atoms with van der Waals surface area (Å²) >= 11 is 0. The van der Waals surface area contributed by atoms with E-state index in [1.807, 2.05) is 0 Å². The van der Waals surface area contributed by atoms with Crippen molar-refractivity contribution in [3.05, 3.63) is 18.2 Å². The lowest BCUT2D eigenvalue weighted by Crippen LogP contribution is -2.40. The number of anilines is 1. The van der Waals surface area contributed by atoms with E-state index in [2.05, 4.69) is 5.32 Å². The van der Waals surface area contributed by atoms with E-state index in [0.29, 0.717) is 16.3 Å². The molecule has 1 aliphatic carbocycles. The molecule has 1 saturated carbocycles. The van der Waals surface area contributed by atoms with Crippen LogP contribution in [0.3, 0.4) is 0 Å². The Hall–Kier alpha value is -1.23. The van der Waals surface area contributed by atoms with E-state index in [-0.39, 0.29) is 11.2 Å². The molecule has 0 saturated heterocycles. The van der Waals surface area contributed by atoms with Gasteiger partial charge in [-0.25, -0.2) is 8.42 Å². The number of hydrogen-bond donors (Lipinski definition) is 1. The molecular formula is C13H17NO3S. The fourth-order valence-electron chi connectivity index (χ4n) is 2.86. The predicted octanol–water partition coefficient (Wildman–Crippen LogP) is 2.06. The van der Waals surface area contributed by atoms with E-state index in [1.165, 1.54) is 0 Å². The molecule has 1 fully saturated rings. The first kappa shape index (κ1) is 11.8. The molecule has 4 nitrogen and oxygen atoms in total. The molecule has 0 radical (unpaired) electrons. The van der Waals surface area contributed by atoms with Gasteiger partial charge >= 0.3 is 0 Å². The van der Waals surface area contributed by atoms with Gasteiger partial charge in [0.15, 0.2) is 9.84 Å². The Balaban J connectivity index is 2.06. The third kappa shape index (κ3) is 1.77. The Labute approximate surface area is 107 Å². The summed E-state index contributed by atoms with van der Waals surface area (Å²) in [5, 5.41) is 3.29. The molecule has 1 aromatic carbocycles. The number of ether oxygens (including phenoxy) is 1. The van der Waals surface area contributed by atoms with Crippen LogP contribution in [0.5, 0.6) is 5.75 Å². The van der Waals surface area contributed by atoms with Gasteiger partial charge in [-0.15, -0.1) is 0 Å². The summed E-state index contributed by atoms with van der Waals surface area (Å²) in [6.45, 7) is 0.742. The van der Waals surface area contributed by atoms with Crippen LogP contribution in [-0.2, 0) is 9.84 Å². The molecule has 1 aromatic rings. The van der Waals surface area contributed by atoms with E-state index < -0.39 is 9.84 Å². The first-order valence-electron chi connectivity index (χ1n) is 6.19. The topological polar surface area (TPSA) is 55.4 Å². The van der Waals surface area contributed by atoms with Crippen molar-refractivity contribution in [2.75, 3.05) is 24.7 Å². The first-order chi connectivity index (χ1) is 8.55. The lowest BCUT2D eigenvalue weighted by molar-refractivity contribution is 0.184. The highest BCUT2D eigenvalue weighted by atomic mass is 32.2. The molecule has 0 aromatic heterocycles. The highest BCUT2D eigenvalue weighted by Gasteiger charge is 2.43. The van der Waals surface area contributed by atoms with E-state index in [9.17, 15) is 8.42 Å². The highest BCUT2D eigenvalue weighted by Crippen LogP contribution is 2.46. The SMILES string of the molecule is COc1ccc2c(c1)NCC1(CCC1)CS2(=O)=O. The van der Waals surface area contributed by atoms with Crippen LogP contribution < -0.4 is 10.1 Å². The molecule has 1 spiro atoms. The molecule has 1 N–H and O–H groups in total. The zero-order chi connectivity index (χ0) is 12.8. The summed E-state index contributed by atoms with van der Waals surface area (Å²) in [5.74, 6) is 0.952. The second kappa shape index (κ2) is 3.88. The van der Waals surface area contributed by atoms with Crippen LogP contribution in [0.25, 0.3) is 0 Å². The maximum absolute atomic E-state index is 12.4. The fraction of sp³-hybridized carbons (Fsp3) is 0.538. The van der Waals surface area contributed by atoms with Crippen molar-refractivity contribution < 1.29 is 13.2 Å². The van der Waals surface area contributed by atoms with Gasteiger partial charge in [0.1, 0.15) is 5.75 Å². The fourth-order valence-corrected chi connectivity index (χ4v) is 4.95. The number of fused-ring (bicyclic) bond motifs is 1. The normalized spacial score (nSPS) is 23.4. The lowest BCUT2D eigenvalue weighted by atomic mass is 9.70. The number of benzene rings is 1. The molecule has 0 bridgehead atoms. The van der Waals surface area contributed by atoms with Crippen molar-refractivity contribution in [2.45, 2.75) is 24.2 Å². The molecule has 18 heavy (non-hydrogen) atoms. The van der Waals surface area contributed by atoms with Crippen molar-refractivity contribution in [1.29, 1.82) is 0 Å². The van der Waals surface area contributed by atoms with Gasteiger partial charge in [0, 0.05) is 18.0 Å². The molecule has 1 aliphatic heterocycles. The third-order valence-electron chi connectivity index (χ3n) is 4.09. The minimum absolute atomic E-state index is 0.0505. The summed E-state index contributed by atoms with van der Waals surface area (Å²) in [6.07, 6.45) is 3.14. The molecular weight excluding hydrogens is 250 g/mol. The molecule has 2 aliphatic rings. The van der Waals surface area contributed by atoms with Crippen molar-refractivity contribution in [1.82, 2.24) is 0 Å². The third-order valence-corrected chi connectivity index (χ3v) is 6.10. The zero-order valence-corrected chi connectivity index (χ0v) is 11.2. The molecule has 0 atom stereocenters. The molecule has 5 heteroatoms. The van der Waals surface area contributed by atoms with Gasteiger partial charge in [-0.2, -0.15) is 0 Å². The average molecular weight is 267 g/mol. The van der Waals surface area contributed by atoms with Gasteiger partial charge in [-0.05, 0) is 25.0 Å². The van der Waals surface area contributed by atoms with E-state index in [1.54, 1.807) is 25.3 Å². The predicted molar refractivity (Wildman–Crippen MR) is 69.8 cm³/mol. The van der Waals surface area contributed by atoms with Gasteiger partial charge < -0.3 is 10.1 Å². The summed E-state index contributed by atoms with van der Waals surface area (Å²) < 4.78 is 30.0. The molecule has 0 amide bonds. The van der Waals surface area contributed by atoms with Crippen molar-refractivity contribution in [3.8, 4) is 5.75 Å². The number of hydrogen-bond acceptors (Lipinski definition) is 4. The Kier molecular flexibility index (Phi) is 2.55. The summed E-state index contributed by atoms with van der Waals surface area (Å²) in [5.41, 5.74) is 0.628. The Bertz CT molecular complexity index is 576. The Morgan fingerprint density at radius 2 is 2.11 bits per heavy atom. The van der Waals surface area contributed by atoms with Gasteiger partial charge in [0.05, 0.1) is 23.4 Å². The minimum atomic E-state index is -3.19. The lowest BCUT2D eigenvalue weighted by Gasteiger charge is -2.40. The maximum atomic E-state index is 12.4. The van der Waals surface area contributed by atoms with E-state index >= 15 is 0 Å². The van der Waals surface area contributed by atoms with Crippen LogP contribution in [0.4, 0.5) is 5.69 Å². The minimum Gasteiger partial charge on any atom is -0.497 e. The summed E-state index contributed by atoms with van der Waals surface area (Å²) in [4.78, 5) is 0.409. The highest BCUT2D eigenvalue weighted by molar-refractivity contribution is 7.91. The van der Waals surface area contributed by atoms with E-state index in [0.717, 1.165) is 25.8 Å². The second-order valence-electron chi connectivity index (χ2n) is 5.33. The second-order valence-corrected chi connectivity index (χ2v) is 7.29. The molecule has 0 unspecified atom stereocenters. The van der Waals surface area contributed by atoms with Crippen molar-refractivity contribution in [2.24, 2.45) is 5.41 Å². The van der Waals surface area contributed by atoms with Crippen LogP contribution >= 0.6 is 0 Å². The van der Waals surface area contributed by atoms with E-state index in [4.69, 9.17) is 4.74 Å². The zero-order valence-electron chi connectivity index (χ0n) is 10.4. The molecule has 3 rings (SSSR count). The monoisotopic (exact) mass is 267 g/mol.